The lowest BCUT2D eigenvalue weighted by atomic mass is 9.74. The van der Waals surface area contributed by atoms with Gasteiger partial charge in [-0.15, -0.1) is 5.10 Å². The number of carbonyl (C=O) groups is 3. The van der Waals surface area contributed by atoms with Crippen LogP contribution in [0.15, 0.2) is 42.6 Å². The van der Waals surface area contributed by atoms with Gasteiger partial charge in [0.25, 0.3) is 0 Å². The fourth-order valence-corrected chi connectivity index (χ4v) is 5.12. The Morgan fingerprint density at radius 2 is 1.61 bits per heavy atom. The molecule has 0 radical (unpaired) electrons. The maximum absolute atomic E-state index is 13.9. The Labute approximate surface area is 231 Å². The van der Waals surface area contributed by atoms with Crippen molar-refractivity contribution in [3.05, 3.63) is 65.6 Å². The Kier molecular flexibility index (Phi) is 8.91. The highest BCUT2D eigenvalue weighted by atomic mass is 19.2. The van der Waals surface area contributed by atoms with Crippen LogP contribution < -0.4 is 4.74 Å². The molecule has 2 aromatic carbocycles. The molecule has 3 aromatic rings. The molecule has 0 unspecified atom stereocenters. The first-order valence-corrected chi connectivity index (χ1v) is 12.4. The zero-order chi connectivity index (χ0) is 29.8. The van der Waals surface area contributed by atoms with Gasteiger partial charge in [-0.05, 0) is 29.8 Å². The lowest BCUT2D eigenvalue weighted by Gasteiger charge is -2.46. The van der Waals surface area contributed by atoms with E-state index in [-0.39, 0.29) is 17.9 Å². The predicted octanol–water partition coefficient (Wildman–Crippen LogP) is 3.80. The maximum atomic E-state index is 13.9. The summed E-state index contributed by atoms with van der Waals surface area (Å²) >= 11 is 0. The van der Waals surface area contributed by atoms with E-state index >= 15 is 0 Å². The molecule has 0 saturated carbocycles. The first-order chi connectivity index (χ1) is 19.5. The number of hydrogen-bond donors (Lipinski definition) is 2. The largest absolute Gasteiger partial charge is 0.497 e. The number of carboxylic acids is 2. The minimum Gasteiger partial charge on any atom is -0.497 e. The summed E-state index contributed by atoms with van der Waals surface area (Å²) in [5, 5.41) is 27.6. The van der Waals surface area contributed by atoms with E-state index in [1.807, 2.05) is 0 Å². The number of ether oxygens (including phenoxy) is 3. The number of hydrogen-bond acceptors (Lipinski definition) is 8. The van der Waals surface area contributed by atoms with Crippen molar-refractivity contribution < 1.29 is 52.0 Å². The second-order valence-corrected chi connectivity index (χ2v) is 9.52. The molecule has 1 aliphatic heterocycles. The van der Waals surface area contributed by atoms with E-state index in [1.54, 1.807) is 24.3 Å². The molecule has 0 spiro atoms. The molecule has 5 atom stereocenters. The quantitative estimate of drug-likeness (QED) is 0.269. The van der Waals surface area contributed by atoms with Gasteiger partial charge in [0.05, 0.1) is 44.4 Å². The van der Waals surface area contributed by atoms with Gasteiger partial charge < -0.3 is 24.4 Å². The average molecular weight is 578 g/mol. The number of aliphatic carboxylic acids is 2. The molecular weight excluding hydrogens is 551 g/mol. The Bertz CT molecular complexity index is 1410. The monoisotopic (exact) mass is 577 g/mol. The molecule has 4 rings (SSSR count). The summed E-state index contributed by atoms with van der Waals surface area (Å²) in [4.78, 5) is 35.6. The summed E-state index contributed by atoms with van der Waals surface area (Å²) in [6.07, 6.45) is -1.73. The summed E-state index contributed by atoms with van der Waals surface area (Å²) in [6.45, 7) is 0.831. The average Bonchev–Trinajstić information content (AvgIpc) is 3.40. The van der Waals surface area contributed by atoms with Crippen LogP contribution in [-0.4, -0.2) is 62.9 Å². The fraction of sp³-hybridized carbons (Fsp3) is 0.370. The topological polar surface area (TPSA) is 150 Å². The molecule has 11 nitrogen and oxygen atoms in total. The number of methoxy groups -OCH3 is 1. The van der Waals surface area contributed by atoms with Crippen LogP contribution in [0.2, 0.25) is 0 Å². The Morgan fingerprint density at radius 3 is 2.17 bits per heavy atom. The van der Waals surface area contributed by atoms with Gasteiger partial charge in [-0.3, -0.25) is 14.4 Å². The number of aromatic nitrogens is 3. The summed E-state index contributed by atoms with van der Waals surface area (Å²) in [7, 11) is 1.47. The van der Waals surface area contributed by atoms with Crippen LogP contribution in [0.5, 0.6) is 5.75 Å². The van der Waals surface area contributed by atoms with Crippen molar-refractivity contribution in [2.45, 2.75) is 38.0 Å². The van der Waals surface area contributed by atoms with Gasteiger partial charge in [0.2, 0.25) is 0 Å². The van der Waals surface area contributed by atoms with Gasteiger partial charge in [0.1, 0.15) is 18.1 Å². The van der Waals surface area contributed by atoms with E-state index < -0.39 is 78.3 Å². The number of nitrogens with zero attached hydrogens (tertiary/aromatic N) is 3. The van der Waals surface area contributed by atoms with Gasteiger partial charge in [0.15, 0.2) is 17.5 Å². The van der Waals surface area contributed by atoms with Crippen LogP contribution in [0.1, 0.15) is 37.5 Å². The maximum Gasteiger partial charge on any atom is 0.303 e. The minimum atomic E-state index is -1.66. The lowest BCUT2D eigenvalue weighted by Crippen LogP contribution is -2.48. The normalized spacial score (nSPS) is 22.2. The van der Waals surface area contributed by atoms with Crippen LogP contribution in [0.25, 0.3) is 11.3 Å². The zero-order valence-electron chi connectivity index (χ0n) is 21.9. The molecule has 41 heavy (non-hydrogen) atoms. The van der Waals surface area contributed by atoms with Crippen LogP contribution in [0, 0.1) is 29.3 Å². The molecule has 0 amide bonds. The van der Waals surface area contributed by atoms with Crippen molar-refractivity contribution in [1.29, 1.82) is 0 Å². The predicted molar refractivity (Wildman–Crippen MR) is 133 cm³/mol. The van der Waals surface area contributed by atoms with Crippen molar-refractivity contribution in [2.75, 3.05) is 13.7 Å². The van der Waals surface area contributed by atoms with E-state index in [9.17, 15) is 37.8 Å². The summed E-state index contributed by atoms with van der Waals surface area (Å²) in [6, 6.07) is 7.04. The molecule has 1 saturated heterocycles. The van der Waals surface area contributed by atoms with E-state index in [0.717, 1.165) is 12.1 Å². The highest BCUT2D eigenvalue weighted by molar-refractivity contribution is 5.68. The van der Waals surface area contributed by atoms with Crippen molar-refractivity contribution >= 4 is 17.9 Å². The third-order valence-electron chi connectivity index (χ3n) is 6.88. The molecule has 1 aromatic heterocycles. The van der Waals surface area contributed by atoms with E-state index in [0.29, 0.717) is 11.3 Å². The molecule has 14 heteroatoms. The first kappa shape index (κ1) is 29.5. The first-order valence-electron chi connectivity index (χ1n) is 12.4. The van der Waals surface area contributed by atoms with Crippen LogP contribution in [0.3, 0.4) is 0 Å². The molecular formula is C27H26F3N3O8. The van der Waals surface area contributed by atoms with E-state index in [1.165, 1.54) is 24.9 Å². The van der Waals surface area contributed by atoms with Crippen LogP contribution in [-0.2, 0) is 23.9 Å². The Balaban J connectivity index is 1.85. The third kappa shape index (κ3) is 6.65. The molecule has 2 heterocycles. The van der Waals surface area contributed by atoms with Crippen molar-refractivity contribution in [2.24, 2.45) is 11.8 Å². The van der Waals surface area contributed by atoms with Crippen LogP contribution in [0.4, 0.5) is 13.2 Å². The lowest BCUT2D eigenvalue weighted by molar-refractivity contribution is -0.183. The Hall–Kier alpha value is -4.46. The van der Waals surface area contributed by atoms with Gasteiger partial charge in [-0.2, -0.15) is 0 Å². The molecule has 0 bridgehead atoms. The zero-order valence-corrected chi connectivity index (χ0v) is 21.9. The highest BCUT2D eigenvalue weighted by Gasteiger charge is 2.49. The van der Waals surface area contributed by atoms with E-state index in [4.69, 9.17) is 14.2 Å². The third-order valence-corrected chi connectivity index (χ3v) is 6.88. The van der Waals surface area contributed by atoms with Gasteiger partial charge in [-0.25, -0.2) is 17.9 Å². The van der Waals surface area contributed by atoms with Gasteiger partial charge in [0, 0.05) is 24.3 Å². The van der Waals surface area contributed by atoms with Crippen LogP contribution >= 0.6 is 0 Å². The van der Waals surface area contributed by atoms with Gasteiger partial charge >= 0.3 is 17.9 Å². The minimum absolute atomic E-state index is 0.0741. The number of rotatable bonds is 10. The summed E-state index contributed by atoms with van der Waals surface area (Å²) < 4.78 is 59.2. The molecule has 1 fully saturated rings. The summed E-state index contributed by atoms with van der Waals surface area (Å²) in [5.74, 6) is -9.05. The van der Waals surface area contributed by atoms with Crippen molar-refractivity contribution in [3.8, 4) is 17.0 Å². The number of esters is 1. The summed E-state index contributed by atoms with van der Waals surface area (Å²) in [5.41, 5.74) is 0.314. The van der Waals surface area contributed by atoms with E-state index in [2.05, 4.69) is 10.3 Å². The highest BCUT2D eigenvalue weighted by Crippen LogP contribution is 2.49. The SMILES string of the molecule is COc1ccc([C@H]2O[C@@H](COC(C)=O)[C@H](CC(=O)O)[C@H](n3cc(-c4cc(F)c(F)c(F)c4)nn3)[C@H]2CC(=O)O)cc1. The Morgan fingerprint density at radius 1 is 1.00 bits per heavy atom. The number of carbonyl (C=O) groups excluding carboxylic acids is 1. The number of halogens is 3. The smallest absolute Gasteiger partial charge is 0.303 e. The second-order valence-electron chi connectivity index (χ2n) is 9.52. The molecule has 1 aliphatic rings. The second kappa shape index (κ2) is 12.4. The fourth-order valence-electron chi connectivity index (χ4n) is 5.12. The molecule has 0 aliphatic carbocycles. The molecule has 2 N–H and O–H groups in total. The van der Waals surface area contributed by atoms with Crippen molar-refractivity contribution in [3.63, 3.8) is 0 Å². The number of benzene rings is 2. The standard InChI is InChI=1S/C27H26F3N3O8/c1-13(34)40-12-22-17(9-23(35)36)26(33-11-21(31-32-33)15-7-19(28)25(30)20(29)8-15)18(10-24(37)38)27(41-22)14-3-5-16(39-2)6-4-14/h3-8,11,17-18,22,26-27H,9-10,12H2,1-2H3,(H,35,36)(H,37,38)/t17-,18+,22-,26-,27+/m0/s1. The van der Waals surface area contributed by atoms with Gasteiger partial charge in [-0.1, -0.05) is 17.3 Å². The molecule has 218 valence electrons. The van der Waals surface area contributed by atoms with Crippen molar-refractivity contribution in [1.82, 2.24) is 15.0 Å². The number of carboxylic acid groups (broad SMARTS) is 2.